The molecule has 0 aliphatic heterocycles. The van der Waals surface area contributed by atoms with Crippen LogP contribution in [0.25, 0.3) is 11.3 Å². The quantitative estimate of drug-likeness (QED) is 0.312. The highest BCUT2D eigenvalue weighted by molar-refractivity contribution is 14.1. The summed E-state index contributed by atoms with van der Waals surface area (Å²) in [6.07, 6.45) is 0.0291. The lowest BCUT2D eigenvalue weighted by Gasteiger charge is -2.28. The van der Waals surface area contributed by atoms with Gasteiger partial charge < -0.3 is 21.3 Å². The van der Waals surface area contributed by atoms with Gasteiger partial charge in [-0.1, -0.05) is 18.2 Å². The summed E-state index contributed by atoms with van der Waals surface area (Å²) in [5, 5.41) is 21.9. The number of carbonyl (C=O) groups excluding carboxylic acids is 1. The average molecular weight is 612 g/mol. The van der Waals surface area contributed by atoms with Crippen molar-refractivity contribution in [2.24, 2.45) is 0 Å². The summed E-state index contributed by atoms with van der Waals surface area (Å²) < 4.78 is 43.2. The standard InChI is InChI=1S/C25H24F3IN4O3/c26-16-3-1-2-15(22(16)29)20(11-34)33-25(36)14-6-4-13(9-17(14)27)23-24(30)31-10-19(32-23)12-5-7-21(35)18(28)8-12/h1-4,6,9-10,12,18,20-21,34-35H,5,7-8,11H2,(H2,30,31)(H,33,36)/t12-,18-,20+,21-/m0/s1. The van der Waals surface area contributed by atoms with Crippen molar-refractivity contribution in [1.29, 1.82) is 0 Å². The molecule has 3 aromatic rings. The number of aliphatic hydroxyl groups excluding tert-OH is 2. The molecule has 1 saturated carbocycles. The Kier molecular flexibility index (Phi) is 8.10. The minimum atomic E-state index is -1.36. The maximum atomic E-state index is 15.0. The molecule has 1 aromatic heterocycles. The number of aromatic nitrogens is 2. The van der Waals surface area contributed by atoms with Gasteiger partial charge in [-0.2, -0.15) is 0 Å². The Labute approximate surface area is 219 Å². The lowest BCUT2D eigenvalue weighted by Crippen LogP contribution is -2.32. The predicted molar refractivity (Wildman–Crippen MR) is 136 cm³/mol. The third kappa shape index (κ3) is 5.47. The first-order chi connectivity index (χ1) is 17.2. The molecule has 5 N–H and O–H groups in total. The first-order valence-corrected chi connectivity index (χ1v) is 12.4. The summed E-state index contributed by atoms with van der Waals surface area (Å²) in [4.78, 5) is 21.4. The fraction of sp³-hybridized carbons (Fsp3) is 0.320. The number of amides is 1. The SMILES string of the molecule is Nc1ncc([C@H]2CC[C@H](O)[C@@H](F)C2)nc1-c1ccc(C(=O)N[C@H](CO)c2cccc(F)c2I)c(F)c1. The number of benzene rings is 2. The van der Waals surface area contributed by atoms with E-state index in [1.807, 2.05) is 0 Å². The molecule has 1 aliphatic rings. The number of carbonyl (C=O) groups is 1. The van der Waals surface area contributed by atoms with E-state index in [-0.39, 0.29) is 38.5 Å². The molecule has 11 heteroatoms. The number of nitrogens with zero attached hydrogens (tertiary/aromatic N) is 2. The Morgan fingerprint density at radius 3 is 2.69 bits per heavy atom. The van der Waals surface area contributed by atoms with Crippen LogP contribution < -0.4 is 11.1 Å². The number of hydrogen-bond donors (Lipinski definition) is 4. The number of alkyl halides is 1. The van der Waals surface area contributed by atoms with Crippen LogP contribution in [-0.4, -0.2) is 45.0 Å². The van der Waals surface area contributed by atoms with E-state index in [0.29, 0.717) is 24.1 Å². The molecule has 7 nitrogen and oxygen atoms in total. The number of halogens is 4. The second kappa shape index (κ2) is 11.1. The molecule has 0 spiro atoms. The molecule has 2 aromatic carbocycles. The fourth-order valence-corrected chi connectivity index (χ4v) is 5.02. The zero-order valence-corrected chi connectivity index (χ0v) is 21.1. The van der Waals surface area contributed by atoms with Crippen molar-refractivity contribution >= 4 is 34.3 Å². The molecular formula is C25H24F3IN4O3. The number of rotatable bonds is 6. The van der Waals surface area contributed by atoms with Crippen LogP contribution in [0.15, 0.2) is 42.6 Å². The summed E-state index contributed by atoms with van der Waals surface area (Å²) in [6.45, 7) is -0.512. The van der Waals surface area contributed by atoms with E-state index < -0.39 is 42.5 Å². The Hall–Kier alpha value is -2.77. The second-order valence-electron chi connectivity index (χ2n) is 8.67. The van der Waals surface area contributed by atoms with Crippen LogP contribution in [-0.2, 0) is 0 Å². The molecule has 190 valence electrons. The Bertz CT molecular complexity index is 1280. The third-order valence-electron chi connectivity index (χ3n) is 6.31. The van der Waals surface area contributed by atoms with Gasteiger partial charge in [-0.05, 0) is 65.6 Å². The van der Waals surface area contributed by atoms with Crippen LogP contribution >= 0.6 is 22.6 Å². The van der Waals surface area contributed by atoms with E-state index >= 15 is 4.39 Å². The van der Waals surface area contributed by atoms with Crippen LogP contribution in [0.4, 0.5) is 19.0 Å². The van der Waals surface area contributed by atoms with E-state index in [0.717, 1.165) is 6.07 Å². The summed E-state index contributed by atoms with van der Waals surface area (Å²) in [5.41, 5.74) is 7.03. The van der Waals surface area contributed by atoms with E-state index in [9.17, 15) is 23.8 Å². The van der Waals surface area contributed by atoms with Gasteiger partial charge in [-0.15, -0.1) is 0 Å². The lowest BCUT2D eigenvalue weighted by molar-refractivity contribution is 0.0363. The minimum absolute atomic E-state index is 0.0454. The number of anilines is 1. The van der Waals surface area contributed by atoms with E-state index in [2.05, 4.69) is 15.3 Å². The van der Waals surface area contributed by atoms with Gasteiger partial charge in [0.1, 0.15) is 29.3 Å². The molecule has 1 aliphatic carbocycles. The van der Waals surface area contributed by atoms with Gasteiger partial charge in [0.25, 0.3) is 5.91 Å². The smallest absolute Gasteiger partial charge is 0.254 e. The molecule has 1 amide bonds. The number of nitrogen functional groups attached to an aromatic ring is 1. The van der Waals surface area contributed by atoms with Crippen LogP contribution in [0.3, 0.4) is 0 Å². The molecule has 0 radical (unpaired) electrons. The third-order valence-corrected chi connectivity index (χ3v) is 7.45. The number of aliphatic hydroxyl groups is 2. The van der Waals surface area contributed by atoms with E-state index in [4.69, 9.17) is 5.73 Å². The summed E-state index contributed by atoms with van der Waals surface area (Å²) in [6, 6.07) is 7.17. The molecule has 4 atom stereocenters. The fourth-order valence-electron chi connectivity index (χ4n) is 4.28. The van der Waals surface area contributed by atoms with Gasteiger partial charge in [-0.25, -0.2) is 23.1 Å². The molecule has 1 heterocycles. The monoisotopic (exact) mass is 612 g/mol. The highest BCUT2D eigenvalue weighted by Crippen LogP contribution is 2.35. The molecule has 0 bridgehead atoms. The van der Waals surface area contributed by atoms with Crippen LogP contribution in [0.2, 0.25) is 0 Å². The van der Waals surface area contributed by atoms with E-state index in [1.165, 1.54) is 30.5 Å². The van der Waals surface area contributed by atoms with Crippen LogP contribution in [0.5, 0.6) is 0 Å². The Morgan fingerprint density at radius 2 is 2.00 bits per heavy atom. The second-order valence-corrected chi connectivity index (χ2v) is 9.75. The van der Waals surface area contributed by atoms with Crippen molar-refractivity contribution in [3.63, 3.8) is 0 Å². The van der Waals surface area contributed by atoms with Crippen LogP contribution in [0.1, 0.15) is 52.8 Å². The normalized spacial score (nSPS) is 20.7. The van der Waals surface area contributed by atoms with Gasteiger partial charge in [0.2, 0.25) is 0 Å². The van der Waals surface area contributed by atoms with Crippen molar-refractivity contribution in [3.05, 3.63) is 74.6 Å². The number of nitrogens with two attached hydrogens (primary N) is 1. The minimum Gasteiger partial charge on any atom is -0.394 e. The Balaban J connectivity index is 1.56. The largest absolute Gasteiger partial charge is 0.394 e. The molecule has 36 heavy (non-hydrogen) atoms. The summed E-state index contributed by atoms with van der Waals surface area (Å²) in [7, 11) is 0. The van der Waals surface area contributed by atoms with Gasteiger partial charge >= 0.3 is 0 Å². The molecule has 4 rings (SSSR count). The van der Waals surface area contributed by atoms with Gasteiger partial charge in [0, 0.05) is 11.5 Å². The zero-order chi connectivity index (χ0) is 26.0. The summed E-state index contributed by atoms with van der Waals surface area (Å²) >= 11 is 1.78. The van der Waals surface area contributed by atoms with Gasteiger partial charge in [0.15, 0.2) is 0 Å². The van der Waals surface area contributed by atoms with Crippen LogP contribution in [0, 0.1) is 15.2 Å². The molecular weight excluding hydrogens is 588 g/mol. The highest BCUT2D eigenvalue weighted by Gasteiger charge is 2.31. The van der Waals surface area contributed by atoms with E-state index in [1.54, 1.807) is 28.7 Å². The number of nitrogens with one attached hydrogen (secondary N) is 1. The first-order valence-electron chi connectivity index (χ1n) is 11.3. The molecule has 1 fully saturated rings. The van der Waals surface area contributed by atoms with Crippen molar-refractivity contribution in [1.82, 2.24) is 15.3 Å². The first kappa shape index (κ1) is 26.3. The average Bonchev–Trinajstić information content (AvgIpc) is 2.86. The topological polar surface area (TPSA) is 121 Å². The molecule has 0 saturated heterocycles. The lowest BCUT2D eigenvalue weighted by atomic mass is 9.84. The molecule has 0 unspecified atom stereocenters. The zero-order valence-electron chi connectivity index (χ0n) is 19.0. The van der Waals surface area contributed by atoms with Crippen molar-refractivity contribution in [2.45, 2.75) is 43.5 Å². The summed E-state index contributed by atoms with van der Waals surface area (Å²) in [5.74, 6) is -2.36. The maximum Gasteiger partial charge on any atom is 0.254 e. The highest BCUT2D eigenvalue weighted by atomic mass is 127. The predicted octanol–water partition coefficient (Wildman–Crippen LogP) is 4.04. The maximum absolute atomic E-state index is 15.0. The Morgan fingerprint density at radius 1 is 1.22 bits per heavy atom. The van der Waals surface area contributed by atoms with Gasteiger partial charge in [0.05, 0.1) is 39.8 Å². The number of hydrogen-bond acceptors (Lipinski definition) is 6. The van der Waals surface area contributed by atoms with Gasteiger partial charge in [-0.3, -0.25) is 4.79 Å². The van der Waals surface area contributed by atoms with Crippen molar-refractivity contribution in [3.8, 4) is 11.3 Å². The van der Waals surface area contributed by atoms with Crippen molar-refractivity contribution < 1.29 is 28.2 Å². The van der Waals surface area contributed by atoms with Crippen molar-refractivity contribution in [2.75, 3.05) is 12.3 Å².